The molecule has 0 saturated carbocycles. The fraction of sp³-hybridized carbons (Fsp3) is 0.238. The number of rotatable bonds is 5. The molecule has 0 aliphatic rings. The molecule has 152 valence electrons. The van der Waals surface area contributed by atoms with Crippen LogP contribution in [0.15, 0.2) is 39.9 Å². The van der Waals surface area contributed by atoms with Crippen LogP contribution in [-0.2, 0) is 0 Å². The summed E-state index contributed by atoms with van der Waals surface area (Å²) in [7, 11) is 2.95. The van der Waals surface area contributed by atoms with Crippen molar-refractivity contribution >= 4 is 0 Å². The maximum Gasteiger partial charge on any atom is 0.256 e. The highest BCUT2D eigenvalue weighted by molar-refractivity contribution is 5.54. The van der Waals surface area contributed by atoms with E-state index >= 15 is 0 Å². The molecule has 29 heavy (non-hydrogen) atoms. The quantitative estimate of drug-likeness (QED) is 0.523. The Morgan fingerprint density at radius 2 is 1.28 bits per heavy atom. The summed E-state index contributed by atoms with van der Waals surface area (Å²) in [5, 5.41) is 21.1. The van der Waals surface area contributed by atoms with Gasteiger partial charge in [-0.3, -0.25) is 9.59 Å². The Hall–Kier alpha value is -3.68. The van der Waals surface area contributed by atoms with Crippen LogP contribution in [-0.4, -0.2) is 34.4 Å². The van der Waals surface area contributed by atoms with E-state index in [9.17, 15) is 19.8 Å². The van der Waals surface area contributed by atoms with E-state index in [4.69, 9.17) is 9.47 Å². The number of aromatic nitrogens is 2. The lowest BCUT2D eigenvalue weighted by Gasteiger charge is -2.21. The van der Waals surface area contributed by atoms with Gasteiger partial charge in [-0.1, -0.05) is 6.07 Å². The van der Waals surface area contributed by atoms with Crippen LogP contribution in [0.1, 0.15) is 34.0 Å². The predicted octanol–water partition coefficient (Wildman–Crippen LogP) is 2.29. The van der Waals surface area contributed by atoms with E-state index in [-0.39, 0.29) is 22.6 Å². The Kier molecular flexibility index (Phi) is 5.36. The van der Waals surface area contributed by atoms with E-state index in [2.05, 4.69) is 9.97 Å². The largest absolute Gasteiger partial charge is 0.507 e. The molecule has 0 aliphatic carbocycles. The van der Waals surface area contributed by atoms with Crippen molar-refractivity contribution in [2.75, 3.05) is 14.2 Å². The predicted molar refractivity (Wildman–Crippen MR) is 107 cm³/mol. The Bertz CT molecular complexity index is 1110. The average Bonchev–Trinajstić information content (AvgIpc) is 2.64. The second-order valence-electron chi connectivity index (χ2n) is 6.71. The summed E-state index contributed by atoms with van der Waals surface area (Å²) >= 11 is 0. The van der Waals surface area contributed by atoms with Gasteiger partial charge in [-0.25, -0.2) is 0 Å². The zero-order valence-electron chi connectivity index (χ0n) is 16.5. The lowest BCUT2D eigenvalue weighted by Crippen LogP contribution is -2.25. The number of nitrogens with one attached hydrogen (secondary N) is 2. The zero-order valence-corrected chi connectivity index (χ0v) is 16.5. The van der Waals surface area contributed by atoms with Crippen LogP contribution in [0.25, 0.3) is 0 Å². The minimum absolute atomic E-state index is 0.0625. The molecule has 0 amide bonds. The number of methoxy groups -OCH3 is 2. The van der Waals surface area contributed by atoms with E-state index in [0.717, 1.165) is 0 Å². The van der Waals surface area contributed by atoms with E-state index in [0.29, 0.717) is 28.5 Å². The third-order valence-electron chi connectivity index (χ3n) is 4.69. The van der Waals surface area contributed by atoms with Crippen LogP contribution in [0.5, 0.6) is 23.0 Å². The number of hydrogen-bond donors (Lipinski definition) is 4. The molecule has 0 unspecified atom stereocenters. The van der Waals surface area contributed by atoms with Gasteiger partial charge in [-0.05, 0) is 43.7 Å². The molecule has 8 heteroatoms. The van der Waals surface area contributed by atoms with Crippen molar-refractivity contribution in [3.63, 3.8) is 0 Å². The lowest BCUT2D eigenvalue weighted by molar-refractivity contribution is 0.354. The monoisotopic (exact) mass is 398 g/mol. The number of pyridine rings is 2. The van der Waals surface area contributed by atoms with Crippen LogP contribution in [0, 0.1) is 13.8 Å². The van der Waals surface area contributed by atoms with Gasteiger partial charge < -0.3 is 29.7 Å². The average molecular weight is 398 g/mol. The van der Waals surface area contributed by atoms with E-state index < -0.39 is 17.0 Å². The molecule has 0 aliphatic heterocycles. The van der Waals surface area contributed by atoms with E-state index in [1.54, 1.807) is 32.0 Å². The number of benzene rings is 1. The minimum atomic E-state index is -1.05. The maximum absolute atomic E-state index is 12.8. The first-order valence-electron chi connectivity index (χ1n) is 8.84. The Morgan fingerprint density at radius 1 is 0.793 bits per heavy atom. The molecule has 2 aromatic heterocycles. The van der Waals surface area contributed by atoms with E-state index in [1.165, 1.54) is 26.4 Å². The molecule has 3 rings (SSSR count). The molecule has 2 heterocycles. The van der Waals surface area contributed by atoms with Crippen molar-refractivity contribution < 1.29 is 19.7 Å². The second-order valence-corrected chi connectivity index (χ2v) is 6.71. The fourth-order valence-corrected chi connectivity index (χ4v) is 3.43. The first-order valence-corrected chi connectivity index (χ1v) is 8.84. The molecular formula is C21H22N2O6. The van der Waals surface area contributed by atoms with Gasteiger partial charge >= 0.3 is 0 Å². The summed E-state index contributed by atoms with van der Waals surface area (Å²) in [5.41, 5.74) is 0.119. The minimum Gasteiger partial charge on any atom is -0.507 e. The highest BCUT2D eigenvalue weighted by Crippen LogP contribution is 2.40. The van der Waals surface area contributed by atoms with Crippen LogP contribution < -0.4 is 20.6 Å². The van der Waals surface area contributed by atoms with Crippen molar-refractivity contribution in [2.45, 2.75) is 19.8 Å². The van der Waals surface area contributed by atoms with Crippen LogP contribution in [0.3, 0.4) is 0 Å². The van der Waals surface area contributed by atoms with Crippen molar-refractivity contribution in [1.29, 1.82) is 0 Å². The van der Waals surface area contributed by atoms with Crippen molar-refractivity contribution in [2.24, 2.45) is 0 Å². The maximum atomic E-state index is 12.8. The van der Waals surface area contributed by atoms with Gasteiger partial charge in [0.05, 0.1) is 31.3 Å². The second kappa shape index (κ2) is 7.75. The molecule has 3 aromatic rings. The Morgan fingerprint density at radius 3 is 1.69 bits per heavy atom. The molecule has 1 aromatic carbocycles. The Labute approximate surface area is 166 Å². The molecule has 0 atom stereocenters. The third kappa shape index (κ3) is 3.69. The molecule has 0 spiro atoms. The zero-order chi connectivity index (χ0) is 21.3. The summed E-state index contributed by atoms with van der Waals surface area (Å²) in [6, 6.07) is 7.65. The van der Waals surface area contributed by atoms with Gasteiger partial charge in [0, 0.05) is 11.4 Å². The van der Waals surface area contributed by atoms with Crippen molar-refractivity contribution in [1.82, 2.24) is 9.97 Å². The lowest BCUT2D eigenvalue weighted by atomic mass is 9.85. The van der Waals surface area contributed by atoms with Gasteiger partial charge in [-0.2, -0.15) is 0 Å². The van der Waals surface area contributed by atoms with Crippen LogP contribution in [0.2, 0.25) is 0 Å². The number of ether oxygens (including phenoxy) is 2. The number of hydrogen-bond acceptors (Lipinski definition) is 6. The number of aromatic hydroxyl groups is 2. The smallest absolute Gasteiger partial charge is 0.256 e. The SMILES string of the molecule is COc1ccc(C(c2c(O)cc(C)[nH]c2=O)c2c(O)cc(C)[nH]c2=O)cc1OC. The summed E-state index contributed by atoms with van der Waals surface area (Å²) in [4.78, 5) is 30.8. The van der Waals surface area contributed by atoms with Crippen LogP contribution >= 0.6 is 0 Å². The molecule has 8 nitrogen and oxygen atoms in total. The summed E-state index contributed by atoms with van der Waals surface area (Å²) in [6.45, 7) is 3.26. The molecule has 0 saturated heterocycles. The third-order valence-corrected chi connectivity index (χ3v) is 4.69. The Balaban J connectivity index is 2.39. The highest BCUT2D eigenvalue weighted by atomic mass is 16.5. The first kappa shape index (κ1) is 20.1. The van der Waals surface area contributed by atoms with Crippen LogP contribution in [0.4, 0.5) is 0 Å². The summed E-state index contributed by atoms with van der Waals surface area (Å²) in [5.74, 6) is -0.792. The number of H-pyrrole nitrogens is 2. The normalized spacial score (nSPS) is 10.9. The summed E-state index contributed by atoms with van der Waals surface area (Å²) in [6.07, 6.45) is 0. The summed E-state index contributed by atoms with van der Waals surface area (Å²) < 4.78 is 10.6. The first-order chi connectivity index (χ1) is 13.8. The molecule has 0 radical (unpaired) electrons. The number of aryl methyl sites for hydroxylation is 2. The fourth-order valence-electron chi connectivity index (χ4n) is 3.43. The molecule has 0 bridgehead atoms. The topological polar surface area (TPSA) is 125 Å². The van der Waals surface area contributed by atoms with Gasteiger partial charge in [0.2, 0.25) is 0 Å². The molecule has 4 N–H and O–H groups in total. The number of aromatic amines is 2. The standard InChI is InChI=1S/C21H22N2O6/c1-10-7-13(24)18(20(26)22-10)17(19-14(25)8-11(2)23-21(19)27)12-5-6-15(28-3)16(9-12)29-4/h5-9,17H,1-4H3,(H2,22,24,26)(H2,23,25,27). The van der Waals surface area contributed by atoms with E-state index in [1.807, 2.05) is 0 Å². The van der Waals surface area contributed by atoms with Crippen molar-refractivity contribution in [3.8, 4) is 23.0 Å². The highest BCUT2D eigenvalue weighted by Gasteiger charge is 2.29. The molecule has 0 fully saturated rings. The van der Waals surface area contributed by atoms with Gasteiger partial charge in [0.25, 0.3) is 11.1 Å². The van der Waals surface area contributed by atoms with Gasteiger partial charge in [0.15, 0.2) is 11.5 Å². The van der Waals surface area contributed by atoms with Gasteiger partial charge in [0.1, 0.15) is 11.5 Å². The van der Waals surface area contributed by atoms with Crippen molar-refractivity contribution in [3.05, 3.63) is 79.1 Å². The molecular weight excluding hydrogens is 376 g/mol. The van der Waals surface area contributed by atoms with Gasteiger partial charge in [-0.15, -0.1) is 0 Å².